The lowest BCUT2D eigenvalue weighted by Crippen LogP contribution is -2.25. The predicted octanol–water partition coefficient (Wildman–Crippen LogP) is 5.48. The average Bonchev–Trinajstić information content (AvgIpc) is 3.26. The van der Waals surface area contributed by atoms with Crippen LogP contribution in [-0.4, -0.2) is 15.8 Å². The van der Waals surface area contributed by atoms with Crippen molar-refractivity contribution >= 4 is 22.5 Å². The number of fused-ring (bicyclic) bond motifs is 1. The Morgan fingerprint density at radius 3 is 2.47 bits per heavy atom. The molecule has 0 aliphatic carbocycles. The minimum Gasteiger partial charge on any atom is -0.361 e. The van der Waals surface area contributed by atoms with Crippen molar-refractivity contribution in [3.05, 3.63) is 111 Å². The molecule has 32 heavy (non-hydrogen) atoms. The van der Waals surface area contributed by atoms with Crippen molar-refractivity contribution in [2.45, 2.75) is 32.2 Å². The average molecular weight is 428 g/mol. The highest BCUT2D eigenvalue weighted by Gasteiger charge is 2.22. The zero-order valence-electron chi connectivity index (χ0n) is 17.9. The third kappa shape index (κ3) is 4.54. The van der Waals surface area contributed by atoms with Gasteiger partial charge in [-0.25, -0.2) is 0 Å². The molecule has 1 amide bonds. The van der Waals surface area contributed by atoms with Crippen LogP contribution in [0.3, 0.4) is 0 Å². The van der Waals surface area contributed by atoms with Crippen molar-refractivity contribution in [1.29, 1.82) is 0 Å². The van der Waals surface area contributed by atoms with Crippen LogP contribution in [0.15, 0.2) is 79.0 Å². The van der Waals surface area contributed by atoms with E-state index in [4.69, 9.17) is 0 Å². The lowest BCUT2D eigenvalue weighted by atomic mass is 9.87. The first-order valence-electron chi connectivity index (χ1n) is 10.7. The molecule has 0 fully saturated rings. The highest BCUT2D eigenvalue weighted by molar-refractivity contribution is 5.88. The Kier molecular flexibility index (Phi) is 6.31. The third-order valence-corrected chi connectivity index (χ3v) is 5.82. The van der Waals surface area contributed by atoms with Gasteiger partial charge >= 0.3 is 0 Å². The summed E-state index contributed by atoms with van der Waals surface area (Å²) in [6.07, 6.45) is 3.10. The number of amides is 1. The fraction of sp³-hybridized carbons (Fsp3) is 0.192. The van der Waals surface area contributed by atoms with Crippen LogP contribution in [0.25, 0.3) is 10.9 Å². The highest BCUT2D eigenvalue weighted by atomic mass is 16.6. The molecule has 0 aliphatic rings. The molecular formula is C26H25N3O3. The molecule has 2 N–H and O–H groups in total. The molecule has 0 spiro atoms. The van der Waals surface area contributed by atoms with E-state index in [9.17, 15) is 14.9 Å². The van der Waals surface area contributed by atoms with Crippen LogP contribution in [0.1, 0.15) is 41.5 Å². The molecule has 3 aromatic carbocycles. The highest BCUT2D eigenvalue weighted by Crippen LogP contribution is 2.35. The number of aryl methyl sites for hydroxylation is 1. The molecule has 162 valence electrons. The molecule has 1 aromatic heterocycles. The molecule has 0 aliphatic heterocycles. The summed E-state index contributed by atoms with van der Waals surface area (Å²) in [6.45, 7) is 2.57. The van der Waals surface area contributed by atoms with Gasteiger partial charge < -0.3 is 10.3 Å². The summed E-state index contributed by atoms with van der Waals surface area (Å²) in [5, 5.41) is 15.2. The second kappa shape index (κ2) is 9.47. The smallest absolute Gasteiger partial charge is 0.269 e. The number of aromatic nitrogens is 1. The van der Waals surface area contributed by atoms with E-state index in [-0.39, 0.29) is 23.9 Å². The van der Waals surface area contributed by atoms with Gasteiger partial charge in [0.15, 0.2) is 0 Å². The summed E-state index contributed by atoms with van der Waals surface area (Å²) in [5.41, 5.74) is 5.24. The molecular weight excluding hydrogens is 402 g/mol. The molecule has 4 aromatic rings. The van der Waals surface area contributed by atoms with Crippen LogP contribution < -0.4 is 5.32 Å². The van der Waals surface area contributed by atoms with Crippen LogP contribution >= 0.6 is 0 Å². The number of carbonyl (C=O) groups is 1. The van der Waals surface area contributed by atoms with Crippen molar-refractivity contribution in [3.8, 4) is 0 Å². The first-order valence-corrected chi connectivity index (χ1v) is 10.7. The number of hydrogen-bond donors (Lipinski definition) is 2. The molecule has 0 saturated carbocycles. The number of nitrogens with zero attached hydrogens (tertiary/aromatic N) is 1. The lowest BCUT2D eigenvalue weighted by molar-refractivity contribution is -0.384. The van der Waals surface area contributed by atoms with E-state index in [1.807, 2.05) is 42.6 Å². The summed E-state index contributed by atoms with van der Waals surface area (Å²) in [7, 11) is 0. The topological polar surface area (TPSA) is 88.0 Å². The number of benzene rings is 3. The number of nitrogens with one attached hydrogen (secondary N) is 2. The van der Waals surface area contributed by atoms with E-state index in [1.165, 1.54) is 17.7 Å². The van der Waals surface area contributed by atoms with Crippen LogP contribution in [-0.2, 0) is 17.8 Å². The normalized spacial score (nSPS) is 11.9. The van der Waals surface area contributed by atoms with Crippen LogP contribution in [0.5, 0.6) is 0 Å². The zero-order chi connectivity index (χ0) is 22.5. The van der Waals surface area contributed by atoms with Gasteiger partial charge in [0.25, 0.3) is 5.69 Å². The Labute approximate surface area is 186 Å². The Bertz CT molecular complexity index is 1230. The van der Waals surface area contributed by atoms with Gasteiger partial charge in [-0.3, -0.25) is 14.9 Å². The Morgan fingerprint density at radius 1 is 1.03 bits per heavy atom. The molecule has 0 saturated heterocycles. The first kappa shape index (κ1) is 21.3. The summed E-state index contributed by atoms with van der Waals surface area (Å²) < 4.78 is 0. The third-order valence-electron chi connectivity index (χ3n) is 5.82. The molecule has 6 nitrogen and oxygen atoms in total. The molecule has 0 bridgehead atoms. The number of carbonyl (C=O) groups excluding carboxylic acids is 1. The number of non-ortho nitro benzene ring substituents is 1. The summed E-state index contributed by atoms with van der Waals surface area (Å²) in [4.78, 5) is 27.0. The van der Waals surface area contributed by atoms with E-state index >= 15 is 0 Å². The van der Waals surface area contributed by atoms with E-state index in [1.54, 1.807) is 12.1 Å². The van der Waals surface area contributed by atoms with Crippen molar-refractivity contribution < 1.29 is 9.72 Å². The number of hydrogen-bond acceptors (Lipinski definition) is 3. The number of rotatable bonds is 8. The SMILES string of the molecule is CCc1cccc2c(C(CC(=O)NCc3ccccc3)c3ccc([N+](=O)[O-])cc3)c[nH]c12. The number of aromatic amines is 1. The molecule has 1 heterocycles. The van der Waals surface area contributed by atoms with Gasteiger partial charge in [-0.2, -0.15) is 0 Å². The summed E-state index contributed by atoms with van der Waals surface area (Å²) in [5.74, 6) is -0.300. The molecule has 4 rings (SSSR count). The quantitative estimate of drug-likeness (QED) is 0.288. The van der Waals surface area contributed by atoms with Gasteiger partial charge in [-0.15, -0.1) is 0 Å². The van der Waals surface area contributed by atoms with Gasteiger partial charge in [0.05, 0.1) is 4.92 Å². The van der Waals surface area contributed by atoms with E-state index in [0.717, 1.165) is 34.0 Å². The van der Waals surface area contributed by atoms with E-state index in [2.05, 4.69) is 29.4 Å². The van der Waals surface area contributed by atoms with Gasteiger partial charge in [0.1, 0.15) is 0 Å². The Hall–Kier alpha value is -3.93. The molecule has 1 atom stereocenters. The summed E-state index contributed by atoms with van der Waals surface area (Å²) in [6, 6.07) is 22.4. The van der Waals surface area contributed by atoms with Crippen LogP contribution in [0.4, 0.5) is 5.69 Å². The maximum Gasteiger partial charge on any atom is 0.269 e. The lowest BCUT2D eigenvalue weighted by Gasteiger charge is -2.17. The van der Waals surface area contributed by atoms with Gasteiger partial charge in [0.2, 0.25) is 5.91 Å². The summed E-state index contributed by atoms with van der Waals surface area (Å²) >= 11 is 0. The largest absolute Gasteiger partial charge is 0.361 e. The molecule has 6 heteroatoms. The second-order valence-electron chi connectivity index (χ2n) is 7.80. The monoisotopic (exact) mass is 427 g/mol. The first-order chi connectivity index (χ1) is 15.6. The van der Waals surface area contributed by atoms with E-state index in [0.29, 0.717) is 6.54 Å². The van der Waals surface area contributed by atoms with Crippen LogP contribution in [0.2, 0.25) is 0 Å². The van der Waals surface area contributed by atoms with E-state index < -0.39 is 4.92 Å². The standard InChI is InChI=1S/C26H25N3O3/c1-2-19-9-6-10-22-24(17-28-26(19)22)23(20-11-13-21(14-12-20)29(31)32)15-25(30)27-16-18-7-4-3-5-8-18/h3-14,17,23,28H,2,15-16H2,1H3,(H,27,30). The Morgan fingerprint density at radius 2 is 1.78 bits per heavy atom. The van der Waals surface area contributed by atoms with Crippen molar-refractivity contribution in [2.24, 2.45) is 0 Å². The minimum atomic E-state index is -0.412. The van der Waals surface area contributed by atoms with Crippen LogP contribution in [0, 0.1) is 10.1 Å². The fourth-order valence-corrected chi connectivity index (χ4v) is 4.11. The minimum absolute atomic E-state index is 0.0354. The Balaban J connectivity index is 1.65. The fourth-order valence-electron chi connectivity index (χ4n) is 4.11. The van der Waals surface area contributed by atoms with Gasteiger partial charge in [-0.1, -0.05) is 67.6 Å². The van der Waals surface area contributed by atoms with Crippen molar-refractivity contribution in [1.82, 2.24) is 10.3 Å². The van der Waals surface area contributed by atoms with Gasteiger partial charge in [0, 0.05) is 48.1 Å². The number of nitro groups is 1. The van der Waals surface area contributed by atoms with Gasteiger partial charge in [-0.05, 0) is 28.7 Å². The van der Waals surface area contributed by atoms with Crippen molar-refractivity contribution in [2.75, 3.05) is 0 Å². The zero-order valence-corrected chi connectivity index (χ0v) is 17.9. The van der Waals surface area contributed by atoms with Crippen molar-refractivity contribution in [3.63, 3.8) is 0 Å². The number of nitro benzene ring substituents is 1. The number of H-pyrrole nitrogens is 1. The number of para-hydroxylation sites is 1. The molecule has 0 radical (unpaired) electrons. The maximum absolute atomic E-state index is 12.9. The second-order valence-corrected chi connectivity index (χ2v) is 7.80. The molecule has 1 unspecified atom stereocenters. The maximum atomic E-state index is 12.9. The predicted molar refractivity (Wildman–Crippen MR) is 126 cm³/mol.